The molecule has 0 radical (unpaired) electrons. The van der Waals surface area contributed by atoms with Crippen molar-refractivity contribution in [3.05, 3.63) is 52.1 Å². The average molecular weight is 366 g/mol. The monoisotopic (exact) mass is 366 g/mol. The third-order valence-electron chi connectivity index (χ3n) is 3.11. The molecule has 3 aromatic rings. The lowest BCUT2D eigenvalue weighted by Crippen LogP contribution is -1.95. The Morgan fingerprint density at radius 1 is 0.833 bits per heavy atom. The predicted octanol–water partition coefficient (Wildman–Crippen LogP) is 4.34. The van der Waals surface area contributed by atoms with Gasteiger partial charge < -0.3 is 0 Å². The van der Waals surface area contributed by atoms with Gasteiger partial charge in [-0.3, -0.25) is 4.21 Å². The molecule has 3 aromatic carbocycles. The van der Waals surface area contributed by atoms with Gasteiger partial charge in [-0.1, -0.05) is 48.5 Å². The summed E-state index contributed by atoms with van der Waals surface area (Å²) in [5.41, 5.74) is 0. The summed E-state index contributed by atoms with van der Waals surface area (Å²) in [6.07, 6.45) is 1.75. The molecule has 0 N–H and O–H groups in total. The molecule has 90 valence electrons. The van der Waals surface area contributed by atoms with E-state index in [1.165, 1.54) is 16.2 Å². The standard InChI is InChI=1S/C15H11IOS/c1-18(17)15-13-9-5-3-7-11(13)10-6-2-4-8-12(10)14(15)16/h2-9H,1H3. The van der Waals surface area contributed by atoms with Gasteiger partial charge in [0, 0.05) is 9.83 Å². The molecule has 0 aromatic heterocycles. The lowest BCUT2D eigenvalue weighted by molar-refractivity contribution is 0.687. The molecule has 0 amide bonds. The van der Waals surface area contributed by atoms with E-state index in [1.807, 2.05) is 24.3 Å². The third-order valence-corrected chi connectivity index (χ3v) is 5.60. The Morgan fingerprint density at radius 3 is 1.83 bits per heavy atom. The van der Waals surface area contributed by atoms with Crippen LogP contribution in [-0.4, -0.2) is 10.5 Å². The van der Waals surface area contributed by atoms with Crippen LogP contribution in [0.25, 0.3) is 21.5 Å². The second kappa shape index (κ2) is 4.63. The van der Waals surface area contributed by atoms with E-state index in [0.29, 0.717) is 0 Å². The van der Waals surface area contributed by atoms with Crippen molar-refractivity contribution in [2.75, 3.05) is 6.26 Å². The van der Waals surface area contributed by atoms with Crippen molar-refractivity contribution in [2.24, 2.45) is 0 Å². The number of hydrogen-bond donors (Lipinski definition) is 0. The Morgan fingerprint density at radius 2 is 1.28 bits per heavy atom. The molecular weight excluding hydrogens is 355 g/mol. The quantitative estimate of drug-likeness (QED) is 0.463. The van der Waals surface area contributed by atoms with Gasteiger partial charge >= 0.3 is 0 Å². The number of hydrogen-bond acceptors (Lipinski definition) is 1. The summed E-state index contributed by atoms with van der Waals surface area (Å²) >= 11 is 2.31. The Balaban J connectivity index is 2.66. The van der Waals surface area contributed by atoms with E-state index in [4.69, 9.17) is 0 Å². The second-order valence-electron chi connectivity index (χ2n) is 4.19. The molecule has 0 saturated heterocycles. The van der Waals surface area contributed by atoms with Crippen molar-refractivity contribution in [1.82, 2.24) is 0 Å². The van der Waals surface area contributed by atoms with Crippen LogP contribution in [0.4, 0.5) is 0 Å². The fourth-order valence-electron chi connectivity index (χ4n) is 2.35. The first-order valence-electron chi connectivity index (χ1n) is 5.62. The van der Waals surface area contributed by atoms with Crippen molar-refractivity contribution in [2.45, 2.75) is 4.90 Å². The average Bonchev–Trinajstić information content (AvgIpc) is 2.39. The van der Waals surface area contributed by atoms with Crippen LogP contribution in [0.5, 0.6) is 0 Å². The molecule has 0 heterocycles. The van der Waals surface area contributed by atoms with Crippen LogP contribution in [0.2, 0.25) is 0 Å². The molecule has 0 spiro atoms. The van der Waals surface area contributed by atoms with Gasteiger partial charge in [0.2, 0.25) is 0 Å². The van der Waals surface area contributed by atoms with E-state index in [2.05, 4.69) is 46.9 Å². The van der Waals surface area contributed by atoms with Gasteiger partial charge in [-0.15, -0.1) is 0 Å². The SMILES string of the molecule is CS(=O)c1c(I)c2ccccc2c2ccccc12. The molecule has 3 rings (SSSR count). The molecule has 0 saturated carbocycles. The van der Waals surface area contributed by atoms with E-state index >= 15 is 0 Å². The van der Waals surface area contributed by atoms with Gasteiger partial charge in [0.1, 0.15) is 0 Å². The van der Waals surface area contributed by atoms with Gasteiger partial charge in [-0.05, 0) is 44.1 Å². The highest BCUT2D eigenvalue weighted by atomic mass is 127. The van der Waals surface area contributed by atoms with Gasteiger partial charge in [0.05, 0.1) is 15.7 Å². The van der Waals surface area contributed by atoms with Gasteiger partial charge in [-0.25, -0.2) is 0 Å². The van der Waals surface area contributed by atoms with Crippen LogP contribution in [0.15, 0.2) is 53.4 Å². The zero-order valence-electron chi connectivity index (χ0n) is 9.81. The summed E-state index contributed by atoms with van der Waals surface area (Å²) in [6, 6.07) is 16.5. The first-order valence-corrected chi connectivity index (χ1v) is 8.26. The first-order chi connectivity index (χ1) is 8.70. The summed E-state index contributed by atoms with van der Waals surface area (Å²) in [5.74, 6) is 0. The van der Waals surface area contributed by atoms with Crippen LogP contribution >= 0.6 is 22.6 Å². The topological polar surface area (TPSA) is 17.1 Å². The predicted molar refractivity (Wildman–Crippen MR) is 86.5 cm³/mol. The molecule has 3 heteroatoms. The highest BCUT2D eigenvalue weighted by molar-refractivity contribution is 14.1. The van der Waals surface area contributed by atoms with E-state index in [-0.39, 0.29) is 0 Å². The van der Waals surface area contributed by atoms with Crippen LogP contribution < -0.4 is 0 Å². The highest BCUT2D eigenvalue weighted by Crippen LogP contribution is 2.35. The van der Waals surface area contributed by atoms with Crippen molar-refractivity contribution in [1.29, 1.82) is 0 Å². The summed E-state index contributed by atoms with van der Waals surface area (Å²) in [5, 5.41) is 4.69. The van der Waals surface area contributed by atoms with Crippen LogP contribution in [0, 0.1) is 3.57 Å². The Bertz CT molecular complexity index is 780. The third kappa shape index (κ3) is 1.77. The molecule has 0 aliphatic heterocycles. The lowest BCUT2D eigenvalue weighted by Gasteiger charge is -2.11. The van der Waals surface area contributed by atoms with Crippen LogP contribution in [-0.2, 0) is 10.8 Å². The normalized spacial score (nSPS) is 13.0. The Hall–Kier alpha value is -0.940. The summed E-state index contributed by atoms with van der Waals surface area (Å²) in [6.45, 7) is 0. The zero-order valence-corrected chi connectivity index (χ0v) is 12.8. The van der Waals surface area contributed by atoms with Crippen molar-refractivity contribution in [3.8, 4) is 0 Å². The first kappa shape index (κ1) is 12.1. The molecule has 0 aliphatic carbocycles. The molecular formula is C15H11IOS. The van der Waals surface area contributed by atoms with Crippen LogP contribution in [0.3, 0.4) is 0 Å². The van der Waals surface area contributed by atoms with Crippen molar-refractivity contribution >= 4 is 54.9 Å². The zero-order chi connectivity index (χ0) is 12.7. The smallest absolute Gasteiger partial charge is 0.0603 e. The Labute approximate surface area is 122 Å². The summed E-state index contributed by atoms with van der Waals surface area (Å²) in [4.78, 5) is 0.949. The largest absolute Gasteiger partial charge is 0.255 e. The molecule has 0 aliphatic rings. The number of benzene rings is 3. The van der Waals surface area contributed by atoms with Gasteiger partial charge in [0.15, 0.2) is 0 Å². The number of fused-ring (bicyclic) bond motifs is 3. The van der Waals surface area contributed by atoms with E-state index < -0.39 is 10.8 Å². The summed E-state index contributed by atoms with van der Waals surface area (Å²) < 4.78 is 13.1. The maximum Gasteiger partial charge on any atom is 0.0603 e. The fraction of sp³-hybridized carbons (Fsp3) is 0.0667. The molecule has 0 bridgehead atoms. The number of halogens is 1. The number of rotatable bonds is 1. The molecule has 18 heavy (non-hydrogen) atoms. The molecule has 1 atom stereocenters. The fourth-order valence-corrected chi connectivity index (χ4v) is 4.89. The second-order valence-corrected chi connectivity index (χ2v) is 6.58. The van der Waals surface area contributed by atoms with Crippen molar-refractivity contribution < 1.29 is 4.21 Å². The van der Waals surface area contributed by atoms with E-state index in [9.17, 15) is 4.21 Å². The molecule has 1 nitrogen and oxygen atoms in total. The van der Waals surface area contributed by atoms with E-state index in [0.717, 1.165) is 13.9 Å². The van der Waals surface area contributed by atoms with Crippen LogP contribution in [0.1, 0.15) is 0 Å². The molecule has 1 unspecified atom stereocenters. The minimum Gasteiger partial charge on any atom is -0.255 e. The minimum absolute atomic E-state index is 0.949. The summed E-state index contributed by atoms with van der Waals surface area (Å²) in [7, 11) is -0.979. The lowest BCUT2D eigenvalue weighted by atomic mass is 10.0. The maximum absolute atomic E-state index is 12.0. The minimum atomic E-state index is -0.979. The highest BCUT2D eigenvalue weighted by Gasteiger charge is 2.14. The Kier molecular flexibility index (Phi) is 3.11. The van der Waals surface area contributed by atoms with Gasteiger partial charge in [0.25, 0.3) is 0 Å². The van der Waals surface area contributed by atoms with Crippen molar-refractivity contribution in [3.63, 3.8) is 0 Å². The van der Waals surface area contributed by atoms with E-state index in [1.54, 1.807) is 6.26 Å². The van der Waals surface area contributed by atoms with Gasteiger partial charge in [-0.2, -0.15) is 0 Å². The molecule has 0 fully saturated rings. The maximum atomic E-state index is 12.0.